The van der Waals surface area contributed by atoms with Gasteiger partial charge in [-0.3, -0.25) is 9.59 Å². The van der Waals surface area contributed by atoms with Crippen LogP contribution in [0.5, 0.6) is 0 Å². The lowest BCUT2D eigenvalue weighted by molar-refractivity contribution is -0.130. The number of amides is 1. The number of likely N-dealkylation sites (tertiary alicyclic amines) is 1. The number of hydrogen-bond acceptors (Lipinski definition) is 3. The summed E-state index contributed by atoms with van der Waals surface area (Å²) in [6.45, 7) is 1.34. The van der Waals surface area contributed by atoms with Crippen molar-refractivity contribution in [3.8, 4) is 0 Å². The molecule has 1 aromatic heterocycles. The first kappa shape index (κ1) is 12.3. The Kier molecular flexibility index (Phi) is 3.63. The maximum Gasteiger partial charge on any atom is 0.251 e. The van der Waals surface area contributed by atoms with Crippen molar-refractivity contribution in [2.45, 2.75) is 19.0 Å². The number of nitrogens with zero attached hydrogens (tertiary/aromatic N) is 2. The molecule has 5 nitrogen and oxygen atoms in total. The monoisotopic (exact) mass is 299 g/mol. The van der Waals surface area contributed by atoms with E-state index in [1.165, 1.54) is 10.6 Å². The lowest BCUT2D eigenvalue weighted by Crippen LogP contribution is -2.36. The summed E-state index contributed by atoms with van der Waals surface area (Å²) in [7, 11) is 0. The van der Waals surface area contributed by atoms with Crippen molar-refractivity contribution < 1.29 is 4.79 Å². The Bertz CT molecular complexity index is 486. The molecule has 1 aliphatic heterocycles. The largest absolute Gasteiger partial charge is 0.340 e. The molecule has 1 atom stereocenters. The average Bonchev–Trinajstić information content (AvgIpc) is 2.70. The van der Waals surface area contributed by atoms with Gasteiger partial charge < -0.3 is 15.2 Å². The number of nitrogens with two attached hydrogens (primary N) is 1. The van der Waals surface area contributed by atoms with Gasteiger partial charge in [-0.15, -0.1) is 0 Å². The van der Waals surface area contributed by atoms with Crippen molar-refractivity contribution in [3.05, 3.63) is 33.2 Å². The minimum atomic E-state index is -0.176. The van der Waals surface area contributed by atoms with Crippen molar-refractivity contribution in [3.63, 3.8) is 0 Å². The summed E-state index contributed by atoms with van der Waals surface area (Å²) in [5.41, 5.74) is 5.56. The van der Waals surface area contributed by atoms with Gasteiger partial charge in [-0.25, -0.2) is 0 Å². The normalized spacial score (nSPS) is 19.6. The Hall–Kier alpha value is -1.14. The number of aromatic nitrogens is 1. The van der Waals surface area contributed by atoms with Gasteiger partial charge in [-0.05, 0) is 28.4 Å². The van der Waals surface area contributed by atoms with E-state index in [2.05, 4.69) is 15.9 Å². The van der Waals surface area contributed by atoms with Gasteiger partial charge in [0.25, 0.3) is 5.56 Å². The van der Waals surface area contributed by atoms with Crippen molar-refractivity contribution in [1.82, 2.24) is 9.47 Å². The SMILES string of the molecule is N[C@@H]1CCN(C(=O)Cn2cc(Br)ccc2=O)C1. The Labute approximate surface area is 107 Å². The summed E-state index contributed by atoms with van der Waals surface area (Å²) in [4.78, 5) is 25.2. The van der Waals surface area contributed by atoms with E-state index in [0.29, 0.717) is 13.1 Å². The summed E-state index contributed by atoms with van der Waals surface area (Å²) in [6.07, 6.45) is 2.45. The van der Waals surface area contributed by atoms with Gasteiger partial charge in [0.2, 0.25) is 5.91 Å². The number of carbonyl (C=O) groups excluding carboxylic acids is 1. The van der Waals surface area contributed by atoms with Crippen LogP contribution < -0.4 is 11.3 Å². The molecule has 2 N–H and O–H groups in total. The van der Waals surface area contributed by atoms with Crippen LogP contribution in [0.4, 0.5) is 0 Å². The van der Waals surface area contributed by atoms with Gasteiger partial charge >= 0.3 is 0 Å². The van der Waals surface area contributed by atoms with E-state index in [4.69, 9.17) is 5.73 Å². The summed E-state index contributed by atoms with van der Waals surface area (Å²) in [5.74, 6) is -0.0573. The van der Waals surface area contributed by atoms with Crippen LogP contribution in [0, 0.1) is 0 Å². The molecule has 1 aliphatic rings. The molecule has 0 unspecified atom stereocenters. The van der Waals surface area contributed by atoms with Crippen LogP contribution in [0.25, 0.3) is 0 Å². The third-order valence-electron chi connectivity index (χ3n) is 2.83. The highest BCUT2D eigenvalue weighted by atomic mass is 79.9. The number of carbonyl (C=O) groups is 1. The first-order valence-electron chi connectivity index (χ1n) is 5.45. The van der Waals surface area contributed by atoms with E-state index in [0.717, 1.165) is 10.9 Å². The summed E-state index contributed by atoms with van der Waals surface area (Å²) >= 11 is 3.27. The Morgan fingerprint density at radius 2 is 2.29 bits per heavy atom. The number of halogens is 1. The van der Waals surface area contributed by atoms with Crippen LogP contribution in [0.15, 0.2) is 27.6 Å². The Balaban J connectivity index is 2.08. The first-order chi connectivity index (χ1) is 8.06. The average molecular weight is 300 g/mol. The highest BCUT2D eigenvalue weighted by molar-refractivity contribution is 9.10. The first-order valence-corrected chi connectivity index (χ1v) is 6.25. The molecule has 1 aromatic rings. The molecule has 1 fully saturated rings. The minimum absolute atomic E-state index is 0.0573. The van der Waals surface area contributed by atoms with Gasteiger partial charge in [0, 0.05) is 35.9 Å². The summed E-state index contributed by atoms with van der Waals surface area (Å²) in [6, 6.07) is 3.17. The van der Waals surface area contributed by atoms with Crippen molar-refractivity contribution in [2.24, 2.45) is 5.73 Å². The molecule has 2 rings (SSSR count). The second-order valence-electron chi connectivity index (χ2n) is 4.20. The van der Waals surface area contributed by atoms with Crippen molar-refractivity contribution in [1.29, 1.82) is 0 Å². The fourth-order valence-electron chi connectivity index (χ4n) is 1.89. The molecule has 1 amide bonds. The molecule has 1 saturated heterocycles. The third kappa shape index (κ3) is 2.95. The predicted molar refractivity (Wildman–Crippen MR) is 67.6 cm³/mol. The zero-order chi connectivity index (χ0) is 12.4. The molecule has 0 bridgehead atoms. The molecule has 17 heavy (non-hydrogen) atoms. The highest BCUT2D eigenvalue weighted by Gasteiger charge is 2.23. The van der Waals surface area contributed by atoms with Gasteiger partial charge in [0.05, 0.1) is 0 Å². The molecule has 92 valence electrons. The summed E-state index contributed by atoms with van der Waals surface area (Å²) < 4.78 is 2.18. The van der Waals surface area contributed by atoms with E-state index in [9.17, 15) is 9.59 Å². The molecule has 6 heteroatoms. The molecule has 0 aliphatic carbocycles. The van der Waals surface area contributed by atoms with Crippen LogP contribution in [0.2, 0.25) is 0 Å². The third-order valence-corrected chi connectivity index (χ3v) is 3.30. The van der Waals surface area contributed by atoms with E-state index in [1.54, 1.807) is 17.2 Å². The maximum atomic E-state index is 11.9. The van der Waals surface area contributed by atoms with Gasteiger partial charge in [-0.2, -0.15) is 0 Å². The molecule has 0 aromatic carbocycles. The zero-order valence-corrected chi connectivity index (χ0v) is 10.9. The minimum Gasteiger partial charge on any atom is -0.340 e. The molecule has 0 radical (unpaired) electrons. The van der Waals surface area contributed by atoms with E-state index < -0.39 is 0 Å². The second-order valence-corrected chi connectivity index (χ2v) is 5.12. The van der Waals surface area contributed by atoms with Crippen LogP contribution in [-0.2, 0) is 11.3 Å². The molecule has 0 spiro atoms. The number of hydrogen-bond donors (Lipinski definition) is 1. The van der Waals surface area contributed by atoms with Crippen LogP contribution in [-0.4, -0.2) is 34.5 Å². The fourth-order valence-corrected chi connectivity index (χ4v) is 2.26. The number of pyridine rings is 1. The topological polar surface area (TPSA) is 68.3 Å². The summed E-state index contributed by atoms with van der Waals surface area (Å²) in [5, 5.41) is 0. The van der Waals surface area contributed by atoms with E-state index in [-0.39, 0.29) is 24.1 Å². The predicted octanol–water partition coefficient (Wildman–Crippen LogP) is 0.170. The van der Waals surface area contributed by atoms with E-state index >= 15 is 0 Å². The number of rotatable bonds is 2. The smallest absolute Gasteiger partial charge is 0.251 e. The lowest BCUT2D eigenvalue weighted by Gasteiger charge is -2.16. The van der Waals surface area contributed by atoms with Crippen molar-refractivity contribution in [2.75, 3.05) is 13.1 Å². The van der Waals surface area contributed by atoms with Crippen LogP contribution in [0.1, 0.15) is 6.42 Å². The van der Waals surface area contributed by atoms with Gasteiger partial charge in [-0.1, -0.05) is 0 Å². The highest BCUT2D eigenvalue weighted by Crippen LogP contribution is 2.09. The fraction of sp³-hybridized carbons (Fsp3) is 0.455. The van der Waals surface area contributed by atoms with E-state index in [1.807, 2.05) is 0 Å². The van der Waals surface area contributed by atoms with Crippen LogP contribution in [0.3, 0.4) is 0 Å². The van der Waals surface area contributed by atoms with Crippen LogP contribution >= 0.6 is 15.9 Å². The second kappa shape index (κ2) is 5.01. The standard InChI is InChI=1S/C11H14BrN3O2/c12-8-1-2-10(16)15(5-8)7-11(17)14-4-3-9(13)6-14/h1-2,5,9H,3-4,6-7,13H2/t9-/m1/s1. The van der Waals surface area contributed by atoms with Gasteiger partial charge in [0.15, 0.2) is 0 Å². The lowest BCUT2D eigenvalue weighted by atomic mass is 10.3. The molecule has 0 saturated carbocycles. The zero-order valence-electron chi connectivity index (χ0n) is 9.30. The molecule has 2 heterocycles. The quantitative estimate of drug-likeness (QED) is 0.846. The Morgan fingerprint density at radius 1 is 1.53 bits per heavy atom. The maximum absolute atomic E-state index is 11.9. The molecular weight excluding hydrogens is 286 g/mol. The van der Waals surface area contributed by atoms with Gasteiger partial charge in [0.1, 0.15) is 6.54 Å². The van der Waals surface area contributed by atoms with Crippen molar-refractivity contribution >= 4 is 21.8 Å². The molecular formula is C11H14BrN3O2. The Morgan fingerprint density at radius 3 is 2.94 bits per heavy atom.